The van der Waals surface area contributed by atoms with E-state index in [1.54, 1.807) is 0 Å². The van der Waals surface area contributed by atoms with Crippen LogP contribution < -0.4 is 0 Å². The lowest BCUT2D eigenvalue weighted by Gasteiger charge is -2.26. The normalized spacial score (nSPS) is 15.6. The molecule has 16 heavy (non-hydrogen) atoms. The topological polar surface area (TPSA) is 57.5 Å². The van der Waals surface area contributed by atoms with E-state index in [9.17, 15) is 23.1 Å². The quantitative estimate of drug-likeness (QED) is 0.824. The summed E-state index contributed by atoms with van der Waals surface area (Å²) in [5.41, 5.74) is -3.86. The Balaban J connectivity index is 3.24. The Morgan fingerprint density at radius 2 is 1.88 bits per heavy atom. The molecule has 88 valence electrons. The molecule has 0 aliphatic heterocycles. The van der Waals surface area contributed by atoms with E-state index < -0.39 is 23.3 Å². The highest BCUT2D eigenvalue weighted by Crippen LogP contribution is 2.38. The molecule has 0 bridgehead atoms. The van der Waals surface area contributed by atoms with Crippen LogP contribution >= 0.6 is 0 Å². The second-order valence-corrected chi connectivity index (χ2v) is 3.46. The predicted molar refractivity (Wildman–Crippen MR) is 49.0 cm³/mol. The second kappa shape index (κ2) is 3.79. The zero-order valence-electron chi connectivity index (χ0n) is 8.25. The average molecular weight is 234 g/mol. The molecule has 1 unspecified atom stereocenters. The standard InChI is InChI=1S/C10H9F3O3/c1-9(16,10(11,12)13)7-4-2-3-6(5-7)8(14)15/h2-5,16H,1H3,(H,14,15). The zero-order valence-corrected chi connectivity index (χ0v) is 8.25. The number of hydrogen-bond acceptors (Lipinski definition) is 2. The first-order valence-corrected chi connectivity index (χ1v) is 4.29. The molecule has 1 atom stereocenters. The minimum absolute atomic E-state index is 0.304. The molecule has 0 aliphatic carbocycles. The van der Waals surface area contributed by atoms with E-state index in [0.717, 1.165) is 24.3 Å². The Labute approximate surface area is 89.1 Å². The van der Waals surface area contributed by atoms with Crippen molar-refractivity contribution < 1.29 is 28.2 Å². The number of carboxylic acid groups (broad SMARTS) is 1. The maximum absolute atomic E-state index is 12.5. The maximum Gasteiger partial charge on any atom is 0.421 e. The van der Waals surface area contributed by atoms with E-state index in [2.05, 4.69) is 0 Å². The molecule has 0 fully saturated rings. The van der Waals surface area contributed by atoms with Gasteiger partial charge in [0.2, 0.25) is 0 Å². The number of hydrogen-bond donors (Lipinski definition) is 2. The lowest BCUT2D eigenvalue weighted by Crippen LogP contribution is -2.39. The fourth-order valence-corrected chi connectivity index (χ4v) is 1.12. The summed E-state index contributed by atoms with van der Waals surface area (Å²) >= 11 is 0. The van der Waals surface area contributed by atoms with Crippen molar-refractivity contribution in [1.29, 1.82) is 0 Å². The number of halogens is 3. The van der Waals surface area contributed by atoms with Gasteiger partial charge in [0.05, 0.1) is 5.56 Å². The van der Waals surface area contributed by atoms with Gasteiger partial charge in [0.25, 0.3) is 0 Å². The van der Waals surface area contributed by atoms with Crippen LogP contribution in [-0.4, -0.2) is 22.4 Å². The van der Waals surface area contributed by atoms with E-state index in [1.807, 2.05) is 0 Å². The monoisotopic (exact) mass is 234 g/mol. The molecule has 0 radical (unpaired) electrons. The van der Waals surface area contributed by atoms with Crippen LogP contribution in [0.5, 0.6) is 0 Å². The molecule has 3 nitrogen and oxygen atoms in total. The van der Waals surface area contributed by atoms with Crippen molar-refractivity contribution >= 4 is 5.97 Å². The highest BCUT2D eigenvalue weighted by molar-refractivity contribution is 5.87. The van der Waals surface area contributed by atoms with Gasteiger partial charge in [-0.05, 0) is 24.6 Å². The molecule has 0 amide bonds. The molecule has 0 saturated carbocycles. The van der Waals surface area contributed by atoms with Gasteiger partial charge in [0, 0.05) is 0 Å². The summed E-state index contributed by atoms with van der Waals surface area (Å²) in [5, 5.41) is 17.9. The fraction of sp³-hybridized carbons (Fsp3) is 0.300. The molecular formula is C10H9F3O3. The van der Waals surface area contributed by atoms with Crippen molar-refractivity contribution in [3.8, 4) is 0 Å². The van der Waals surface area contributed by atoms with Crippen LogP contribution in [0.4, 0.5) is 13.2 Å². The van der Waals surface area contributed by atoms with Crippen LogP contribution in [0.25, 0.3) is 0 Å². The first-order chi connectivity index (χ1) is 7.16. The average Bonchev–Trinajstić information content (AvgIpc) is 2.16. The van der Waals surface area contributed by atoms with Gasteiger partial charge in [-0.25, -0.2) is 4.79 Å². The van der Waals surface area contributed by atoms with Crippen LogP contribution in [0.1, 0.15) is 22.8 Å². The minimum atomic E-state index is -4.86. The molecule has 6 heteroatoms. The SMILES string of the molecule is CC(O)(c1cccc(C(=O)O)c1)C(F)(F)F. The Morgan fingerprint density at radius 1 is 1.31 bits per heavy atom. The van der Waals surface area contributed by atoms with E-state index in [4.69, 9.17) is 5.11 Å². The minimum Gasteiger partial charge on any atom is -0.478 e. The Kier molecular flexibility index (Phi) is 2.96. The number of rotatable bonds is 2. The fourth-order valence-electron chi connectivity index (χ4n) is 1.12. The van der Waals surface area contributed by atoms with Gasteiger partial charge < -0.3 is 10.2 Å². The van der Waals surface area contributed by atoms with E-state index in [-0.39, 0.29) is 5.56 Å². The molecule has 0 heterocycles. The molecule has 0 saturated heterocycles. The van der Waals surface area contributed by atoms with Crippen LogP contribution in [0.3, 0.4) is 0 Å². The molecule has 0 aliphatic rings. The number of aliphatic hydroxyl groups is 1. The van der Waals surface area contributed by atoms with Crippen LogP contribution in [0.2, 0.25) is 0 Å². The van der Waals surface area contributed by atoms with Crippen LogP contribution in [0.15, 0.2) is 24.3 Å². The van der Waals surface area contributed by atoms with E-state index in [0.29, 0.717) is 6.92 Å². The van der Waals surface area contributed by atoms with Gasteiger partial charge in [0.1, 0.15) is 0 Å². The van der Waals surface area contributed by atoms with E-state index in [1.165, 1.54) is 0 Å². The van der Waals surface area contributed by atoms with Crippen molar-refractivity contribution in [3.05, 3.63) is 35.4 Å². The summed E-state index contributed by atoms with van der Waals surface area (Å²) in [6, 6.07) is 4.13. The smallest absolute Gasteiger partial charge is 0.421 e. The Hall–Kier alpha value is -1.56. The van der Waals surface area contributed by atoms with E-state index >= 15 is 0 Å². The number of benzene rings is 1. The van der Waals surface area contributed by atoms with Crippen LogP contribution in [-0.2, 0) is 5.60 Å². The van der Waals surface area contributed by atoms with Crippen molar-refractivity contribution in [2.24, 2.45) is 0 Å². The first kappa shape index (κ1) is 12.5. The van der Waals surface area contributed by atoms with Gasteiger partial charge >= 0.3 is 12.1 Å². The Morgan fingerprint density at radius 3 is 2.31 bits per heavy atom. The van der Waals surface area contributed by atoms with Gasteiger partial charge in [-0.2, -0.15) is 13.2 Å². The van der Waals surface area contributed by atoms with Crippen molar-refractivity contribution in [3.63, 3.8) is 0 Å². The Bertz CT molecular complexity index is 410. The highest BCUT2D eigenvalue weighted by Gasteiger charge is 2.51. The third-order valence-corrected chi connectivity index (χ3v) is 2.22. The van der Waals surface area contributed by atoms with Gasteiger partial charge in [-0.15, -0.1) is 0 Å². The number of aromatic carboxylic acids is 1. The summed E-state index contributed by atoms with van der Waals surface area (Å²) in [4.78, 5) is 10.6. The largest absolute Gasteiger partial charge is 0.478 e. The molecule has 0 aromatic heterocycles. The van der Waals surface area contributed by atoms with Crippen molar-refractivity contribution in [1.82, 2.24) is 0 Å². The molecule has 0 spiro atoms. The van der Waals surface area contributed by atoms with Crippen LogP contribution in [0, 0.1) is 0 Å². The maximum atomic E-state index is 12.5. The molecule has 2 N–H and O–H groups in total. The molecular weight excluding hydrogens is 225 g/mol. The second-order valence-electron chi connectivity index (χ2n) is 3.46. The number of alkyl halides is 3. The summed E-state index contributed by atoms with van der Waals surface area (Å²) in [7, 11) is 0. The molecule has 1 rings (SSSR count). The molecule has 1 aromatic carbocycles. The molecule has 1 aromatic rings. The lowest BCUT2D eigenvalue weighted by atomic mass is 9.94. The van der Waals surface area contributed by atoms with Gasteiger partial charge in [0.15, 0.2) is 5.60 Å². The number of carbonyl (C=O) groups is 1. The summed E-state index contributed by atoms with van der Waals surface area (Å²) in [6.07, 6.45) is -4.86. The third-order valence-electron chi connectivity index (χ3n) is 2.22. The predicted octanol–water partition coefficient (Wildman–Crippen LogP) is 2.15. The van der Waals surface area contributed by atoms with Crippen molar-refractivity contribution in [2.45, 2.75) is 18.7 Å². The summed E-state index contributed by atoms with van der Waals surface area (Å²) in [5.74, 6) is -1.35. The van der Waals surface area contributed by atoms with Gasteiger partial charge in [-0.3, -0.25) is 0 Å². The summed E-state index contributed by atoms with van der Waals surface area (Å²) < 4.78 is 37.4. The summed E-state index contributed by atoms with van der Waals surface area (Å²) in [6.45, 7) is 0.577. The zero-order chi connectivity index (χ0) is 12.6. The number of carboxylic acids is 1. The highest BCUT2D eigenvalue weighted by atomic mass is 19.4. The van der Waals surface area contributed by atoms with Crippen molar-refractivity contribution in [2.75, 3.05) is 0 Å². The lowest BCUT2D eigenvalue weighted by molar-refractivity contribution is -0.258. The van der Waals surface area contributed by atoms with Gasteiger partial charge in [-0.1, -0.05) is 12.1 Å². The third kappa shape index (κ3) is 2.16. The first-order valence-electron chi connectivity index (χ1n) is 4.29.